The van der Waals surface area contributed by atoms with Gasteiger partial charge in [-0.1, -0.05) is 30.3 Å². The lowest BCUT2D eigenvalue weighted by molar-refractivity contribution is -0.142. The summed E-state index contributed by atoms with van der Waals surface area (Å²) in [4.78, 5) is 24.6. The van der Waals surface area contributed by atoms with Crippen LogP contribution in [-0.2, 0) is 16.0 Å². The SMILES string of the molecule is COC(=O)[C@H](Cc1ccccc1)NC(=O)c1ccc(OCCCN)cc1O. The number of aromatic hydroxyl groups is 1. The number of nitrogens with two attached hydrogens (primary N) is 1. The van der Waals surface area contributed by atoms with Crippen LogP contribution in [0.3, 0.4) is 0 Å². The van der Waals surface area contributed by atoms with Crippen molar-refractivity contribution in [1.29, 1.82) is 0 Å². The fraction of sp³-hybridized carbons (Fsp3) is 0.300. The molecule has 2 rings (SSSR count). The van der Waals surface area contributed by atoms with Crippen LogP contribution in [0, 0.1) is 0 Å². The van der Waals surface area contributed by atoms with Gasteiger partial charge >= 0.3 is 5.97 Å². The number of methoxy groups -OCH3 is 1. The molecule has 0 spiro atoms. The van der Waals surface area contributed by atoms with Crippen molar-refractivity contribution >= 4 is 11.9 Å². The molecular formula is C20H24N2O5. The highest BCUT2D eigenvalue weighted by Crippen LogP contribution is 2.24. The third kappa shape index (κ3) is 6.00. The molecule has 0 aliphatic rings. The molecule has 1 amide bonds. The second-order valence-electron chi connectivity index (χ2n) is 5.91. The molecule has 4 N–H and O–H groups in total. The van der Waals surface area contributed by atoms with Gasteiger partial charge in [-0.25, -0.2) is 4.79 Å². The van der Waals surface area contributed by atoms with E-state index in [9.17, 15) is 14.7 Å². The molecule has 2 aromatic carbocycles. The minimum absolute atomic E-state index is 0.0446. The molecular weight excluding hydrogens is 348 g/mol. The average molecular weight is 372 g/mol. The van der Waals surface area contributed by atoms with Crippen LogP contribution >= 0.6 is 0 Å². The van der Waals surface area contributed by atoms with Crippen molar-refractivity contribution in [1.82, 2.24) is 5.32 Å². The third-order valence-electron chi connectivity index (χ3n) is 3.90. The van der Waals surface area contributed by atoms with E-state index in [1.165, 1.54) is 19.2 Å². The van der Waals surface area contributed by atoms with E-state index in [1.54, 1.807) is 6.07 Å². The summed E-state index contributed by atoms with van der Waals surface area (Å²) in [6.45, 7) is 0.922. The van der Waals surface area contributed by atoms with E-state index in [-0.39, 0.29) is 17.7 Å². The van der Waals surface area contributed by atoms with Gasteiger partial charge in [0.15, 0.2) is 0 Å². The Hall–Kier alpha value is -3.06. The van der Waals surface area contributed by atoms with Crippen LogP contribution in [0.1, 0.15) is 22.3 Å². The predicted molar refractivity (Wildman–Crippen MR) is 101 cm³/mol. The predicted octanol–water partition coefficient (Wildman–Crippen LogP) is 1.63. The first-order chi connectivity index (χ1) is 13.0. The summed E-state index contributed by atoms with van der Waals surface area (Å²) in [6, 6.07) is 12.8. The number of carbonyl (C=O) groups is 2. The van der Waals surface area contributed by atoms with Crippen LogP contribution in [0.5, 0.6) is 11.5 Å². The van der Waals surface area contributed by atoms with Gasteiger partial charge in [0.25, 0.3) is 5.91 Å². The Balaban J connectivity index is 2.08. The second-order valence-corrected chi connectivity index (χ2v) is 5.91. The lowest BCUT2D eigenvalue weighted by atomic mass is 10.1. The highest BCUT2D eigenvalue weighted by atomic mass is 16.5. The van der Waals surface area contributed by atoms with Crippen molar-refractivity contribution in [2.24, 2.45) is 5.73 Å². The number of benzene rings is 2. The van der Waals surface area contributed by atoms with E-state index >= 15 is 0 Å². The van der Waals surface area contributed by atoms with Crippen molar-refractivity contribution in [3.8, 4) is 11.5 Å². The summed E-state index contributed by atoms with van der Waals surface area (Å²) in [6.07, 6.45) is 0.962. The summed E-state index contributed by atoms with van der Waals surface area (Å²) >= 11 is 0. The van der Waals surface area contributed by atoms with Gasteiger partial charge in [-0.2, -0.15) is 0 Å². The van der Waals surface area contributed by atoms with Gasteiger partial charge in [0, 0.05) is 12.5 Å². The quantitative estimate of drug-likeness (QED) is 0.456. The molecule has 7 nitrogen and oxygen atoms in total. The van der Waals surface area contributed by atoms with Crippen LogP contribution in [0.15, 0.2) is 48.5 Å². The minimum atomic E-state index is -0.871. The maximum Gasteiger partial charge on any atom is 0.328 e. The van der Waals surface area contributed by atoms with Gasteiger partial charge in [-0.15, -0.1) is 0 Å². The first kappa shape index (κ1) is 20.3. The molecule has 0 aromatic heterocycles. The van der Waals surface area contributed by atoms with E-state index in [0.29, 0.717) is 25.3 Å². The van der Waals surface area contributed by atoms with Gasteiger partial charge in [0.1, 0.15) is 17.5 Å². The molecule has 144 valence electrons. The zero-order valence-electron chi connectivity index (χ0n) is 15.2. The molecule has 2 aromatic rings. The van der Waals surface area contributed by atoms with E-state index in [2.05, 4.69) is 5.32 Å². The van der Waals surface area contributed by atoms with Gasteiger partial charge in [0.2, 0.25) is 0 Å². The van der Waals surface area contributed by atoms with Crippen molar-refractivity contribution in [3.63, 3.8) is 0 Å². The molecule has 1 atom stereocenters. The molecule has 0 bridgehead atoms. The number of rotatable bonds is 9. The molecule has 7 heteroatoms. The Morgan fingerprint density at radius 3 is 2.56 bits per heavy atom. The third-order valence-corrected chi connectivity index (χ3v) is 3.90. The number of nitrogens with one attached hydrogen (secondary N) is 1. The fourth-order valence-corrected chi connectivity index (χ4v) is 2.49. The van der Waals surface area contributed by atoms with Crippen LogP contribution in [-0.4, -0.2) is 43.3 Å². The second kappa shape index (κ2) is 10.2. The highest BCUT2D eigenvalue weighted by molar-refractivity contribution is 5.99. The van der Waals surface area contributed by atoms with E-state index in [4.69, 9.17) is 15.2 Å². The maximum absolute atomic E-state index is 12.5. The summed E-state index contributed by atoms with van der Waals surface area (Å²) in [5.41, 5.74) is 6.32. The number of ether oxygens (including phenoxy) is 2. The Morgan fingerprint density at radius 2 is 1.93 bits per heavy atom. The van der Waals surface area contributed by atoms with Crippen molar-refractivity contribution in [2.75, 3.05) is 20.3 Å². The molecule has 27 heavy (non-hydrogen) atoms. The topological polar surface area (TPSA) is 111 Å². The van der Waals surface area contributed by atoms with Crippen molar-refractivity contribution in [2.45, 2.75) is 18.9 Å². The Kier molecular flexibility index (Phi) is 7.63. The molecule has 0 unspecified atom stereocenters. The highest BCUT2D eigenvalue weighted by Gasteiger charge is 2.24. The van der Waals surface area contributed by atoms with Gasteiger partial charge in [0.05, 0.1) is 19.3 Å². The van der Waals surface area contributed by atoms with Gasteiger partial charge in [-0.3, -0.25) is 4.79 Å². The summed E-state index contributed by atoms with van der Waals surface area (Å²) in [5.74, 6) is -0.937. The summed E-state index contributed by atoms with van der Waals surface area (Å²) in [5, 5.41) is 12.7. The molecule has 0 aliphatic heterocycles. The van der Waals surface area contributed by atoms with Crippen molar-refractivity contribution < 1.29 is 24.2 Å². The van der Waals surface area contributed by atoms with Gasteiger partial charge < -0.3 is 25.6 Å². The number of esters is 1. The molecule has 0 aliphatic carbocycles. The monoisotopic (exact) mass is 372 g/mol. The van der Waals surface area contributed by atoms with E-state index < -0.39 is 17.9 Å². The molecule has 0 fully saturated rings. The smallest absolute Gasteiger partial charge is 0.328 e. The van der Waals surface area contributed by atoms with Crippen LogP contribution in [0.4, 0.5) is 0 Å². The first-order valence-electron chi connectivity index (χ1n) is 8.63. The lowest BCUT2D eigenvalue weighted by Crippen LogP contribution is -2.43. The first-order valence-corrected chi connectivity index (χ1v) is 8.63. The minimum Gasteiger partial charge on any atom is -0.507 e. The number of amides is 1. The van der Waals surface area contributed by atoms with Crippen LogP contribution in [0.25, 0.3) is 0 Å². The number of hydrogen-bond acceptors (Lipinski definition) is 6. The van der Waals surface area contributed by atoms with E-state index in [0.717, 1.165) is 5.56 Å². The van der Waals surface area contributed by atoms with E-state index in [1.807, 2.05) is 30.3 Å². The normalized spacial score (nSPS) is 11.5. The van der Waals surface area contributed by atoms with Gasteiger partial charge in [-0.05, 0) is 30.7 Å². The lowest BCUT2D eigenvalue weighted by Gasteiger charge is -2.17. The number of phenols is 1. The molecule has 0 saturated heterocycles. The molecule has 0 radical (unpaired) electrons. The Labute approximate surface area is 158 Å². The molecule has 0 saturated carbocycles. The number of phenolic OH excluding ortho intramolecular Hbond substituents is 1. The Morgan fingerprint density at radius 1 is 1.19 bits per heavy atom. The number of carbonyl (C=O) groups excluding carboxylic acids is 2. The van der Waals surface area contributed by atoms with Crippen LogP contribution < -0.4 is 15.8 Å². The zero-order valence-corrected chi connectivity index (χ0v) is 15.2. The summed E-state index contributed by atoms with van der Waals surface area (Å²) < 4.78 is 10.2. The standard InChI is InChI=1S/C20H24N2O5/c1-26-20(25)17(12-14-6-3-2-4-7-14)22-19(24)16-9-8-15(13-18(16)23)27-11-5-10-21/h2-4,6-9,13,17,23H,5,10-12,21H2,1H3,(H,22,24)/t17-/m0/s1. The maximum atomic E-state index is 12.5. The Bertz CT molecular complexity index is 764. The fourth-order valence-electron chi connectivity index (χ4n) is 2.49. The van der Waals surface area contributed by atoms with Crippen molar-refractivity contribution in [3.05, 3.63) is 59.7 Å². The van der Waals surface area contributed by atoms with Crippen LogP contribution in [0.2, 0.25) is 0 Å². The average Bonchev–Trinajstić information content (AvgIpc) is 2.68. The zero-order chi connectivity index (χ0) is 19.6. The number of hydrogen-bond donors (Lipinski definition) is 3. The summed E-state index contributed by atoms with van der Waals surface area (Å²) in [7, 11) is 1.26. The molecule has 0 heterocycles. The largest absolute Gasteiger partial charge is 0.507 e.